The third-order valence-corrected chi connectivity index (χ3v) is 2.72. The molecule has 0 aromatic carbocycles. The molecule has 0 aliphatic carbocycles. The first-order valence-corrected chi connectivity index (χ1v) is 5.94. The molecule has 0 radical (unpaired) electrons. The van der Waals surface area contributed by atoms with Crippen LogP contribution in [0.15, 0.2) is 0 Å². The molecule has 0 atom stereocenters. The molecule has 0 fully saturated rings. The van der Waals surface area contributed by atoms with E-state index in [1.807, 2.05) is 0 Å². The SMILES string of the molecule is CCCn1c(N(CC)C(C)C)n[nH]c1=S. The number of rotatable bonds is 5. The molecule has 1 N–H and O–H groups in total. The fraction of sp³-hybridized carbons (Fsp3) is 0.800. The van der Waals surface area contributed by atoms with Gasteiger partial charge in [-0.1, -0.05) is 6.92 Å². The highest BCUT2D eigenvalue weighted by Gasteiger charge is 2.15. The highest BCUT2D eigenvalue weighted by atomic mass is 32.1. The second kappa shape index (κ2) is 5.30. The zero-order valence-electron chi connectivity index (χ0n) is 9.95. The van der Waals surface area contributed by atoms with Crippen LogP contribution in [0.3, 0.4) is 0 Å². The number of hydrogen-bond acceptors (Lipinski definition) is 3. The van der Waals surface area contributed by atoms with Crippen LogP contribution in [0.5, 0.6) is 0 Å². The van der Waals surface area contributed by atoms with E-state index in [0.717, 1.165) is 25.5 Å². The molecule has 1 aromatic heterocycles. The molecule has 5 heteroatoms. The summed E-state index contributed by atoms with van der Waals surface area (Å²) in [5, 5.41) is 7.16. The van der Waals surface area contributed by atoms with Gasteiger partial charge in [0.05, 0.1) is 0 Å². The van der Waals surface area contributed by atoms with Crippen molar-refractivity contribution in [1.29, 1.82) is 0 Å². The van der Waals surface area contributed by atoms with Gasteiger partial charge in [0.25, 0.3) is 0 Å². The molecule has 0 aliphatic heterocycles. The van der Waals surface area contributed by atoms with Gasteiger partial charge in [0.2, 0.25) is 5.95 Å². The number of hydrogen-bond donors (Lipinski definition) is 1. The van der Waals surface area contributed by atoms with Gasteiger partial charge in [-0.2, -0.15) is 0 Å². The smallest absolute Gasteiger partial charge is 0.225 e. The van der Waals surface area contributed by atoms with Crippen molar-refractivity contribution in [3.05, 3.63) is 4.77 Å². The van der Waals surface area contributed by atoms with Gasteiger partial charge in [-0.05, 0) is 39.4 Å². The van der Waals surface area contributed by atoms with Crippen molar-refractivity contribution in [1.82, 2.24) is 14.8 Å². The Morgan fingerprint density at radius 1 is 1.47 bits per heavy atom. The quantitative estimate of drug-likeness (QED) is 0.787. The molecule has 4 nitrogen and oxygen atoms in total. The summed E-state index contributed by atoms with van der Waals surface area (Å²) in [5.74, 6) is 0.958. The lowest BCUT2D eigenvalue weighted by atomic mass is 10.3. The second-order valence-corrected chi connectivity index (χ2v) is 4.25. The first-order valence-electron chi connectivity index (χ1n) is 5.53. The molecule has 0 spiro atoms. The summed E-state index contributed by atoms with van der Waals surface area (Å²) in [4.78, 5) is 2.24. The van der Waals surface area contributed by atoms with Crippen molar-refractivity contribution in [2.75, 3.05) is 11.4 Å². The van der Waals surface area contributed by atoms with E-state index in [-0.39, 0.29) is 0 Å². The van der Waals surface area contributed by atoms with E-state index in [1.165, 1.54) is 0 Å². The number of aromatic amines is 1. The summed E-state index contributed by atoms with van der Waals surface area (Å²) in [5.41, 5.74) is 0. The van der Waals surface area contributed by atoms with Crippen LogP contribution in [0.2, 0.25) is 0 Å². The minimum atomic E-state index is 0.441. The summed E-state index contributed by atoms with van der Waals surface area (Å²) in [6, 6.07) is 0.441. The average molecular weight is 228 g/mol. The van der Waals surface area contributed by atoms with Gasteiger partial charge in [-0.15, -0.1) is 5.10 Å². The Balaban J connectivity index is 3.06. The van der Waals surface area contributed by atoms with Crippen molar-refractivity contribution >= 4 is 18.2 Å². The summed E-state index contributed by atoms with van der Waals surface area (Å²) in [6.45, 7) is 10.5. The first-order chi connectivity index (χ1) is 7.11. The molecular formula is C10H20N4S. The van der Waals surface area contributed by atoms with Gasteiger partial charge >= 0.3 is 0 Å². The number of nitrogens with one attached hydrogen (secondary N) is 1. The summed E-state index contributed by atoms with van der Waals surface area (Å²) in [6.07, 6.45) is 1.07. The fourth-order valence-corrected chi connectivity index (χ4v) is 1.91. The number of nitrogens with zero attached hydrogens (tertiary/aromatic N) is 3. The van der Waals surface area contributed by atoms with Crippen LogP contribution in [0, 0.1) is 4.77 Å². The van der Waals surface area contributed by atoms with Crippen molar-refractivity contribution in [2.24, 2.45) is 0 Å². The molecule has 15 heavy (non-hydrogen) atoms. The topological polar surface area (TPSA) is 36.9 Å². The molecule has 0 aliphatic rings. The number of anilines is 1. The Morgan fingerprint density at radius 2 is 2.13 bits per heavy atom. The Labute approximate surface area is 96.3 Å². The van der Waals surface area contributed by atoms with Gasteiger partial charge in [0.1, 0.15) is 0 Å². The average Bonchev–Trinajstić information content (AvgIpc) is 2.51. The van der Waals surface area contributed by atoms with E-state index in [1.54, 1.807) is 0 Å². The normalized spacial score (nSPS) is 11.0. The van der Waals surface area contributed by atoms with Crippen LogP contribution in [-0.2, 0) is 6.54 Å². The van der Waals surface area contributed by atoms with Crippen LogP contribution >= 0.6 is 12.2 Å². The summed E-state index contributed by atoms with van der Waals surface area (Å²) in [7, 11) is 0. The van der Waals surface area contributed by atoms with Crippen molar-refractivity contribution in [3.63, 3.8) is 0 Å². The highest BCUT2D eigenvalue weighted by molar-refractivity contribution is 7.71. The largest absolute Gasteiger partial charge is 0.339 e. The van der Waals surface area contributed by atoms with Gasteiger partial charge in [-0.25, -0.2) is 5.10 Å². The van der Waals surface area contributed by atoms with Crippen molar-refractivity contribution < 1.29 is 0 Å². The van der Waals surface area contributed by atoms with Crippen molar-refractivity contribution in [2.45, 2.75) is 46.7 Å². The van der Waals surface area contributed by atoms with Gasteiger partial charge in [0.15, 0.2) is 4.77 Å². The zero-order chi connectivity index (χ0) is 11.4. The van der Waals surface area contributed by atoms with Crippen LogP contribution < -0.4 is 4.90 Å². The second-order valence-electron chi connectivity index (χ2n) is 3.86. The fourth-order valence-electron chi connectivity index (χ4n) is 1.69. The van der Waals surface area contributed by atoms with Crippen LogP contribution in [-0.4, -0.2) is 27.4 Å². The van der Waals surface area contributed by atoms with Crippen molar-refractivity contribution in [3.8, 4) is 0 Å². The van der Waals surface area contributed by atoms with Gasteiger partial charge < -0.3 is 4.90 Å². The lowest BCUT2D eigenvalue weighted by Crippen LogP contribution is -2.33. The standard InChI is InChI=1S/C10H20N4S/c1-5-7-14-9(11-12-10(14)15)13(6-2)8(3)4/h8H,5-7H2,1-4H3,(H,12,15). The molecule has 1 rings (SSSR count). The third kappa shape index (κ3) is 2.59. The van der Waals surface area contributed by atoms with E-state index in [2.05, 4.69) is 47.4 Å². The predicted molar refractivity (Wildman–Crippen MR) is 65.9 cm³/mol. The van der Waals surface area contributed by atoms with Gasteiger partial charge in [-0.3, -0.25) is 4.57 Å². The van der Waals surface area contributed by atoms with E-state index in [9.17, 15) is 0 Å². The molecule has 0 saturated carbocycles. The van der Waals surface area contributed by atoms with E-state index in [4.69, 9.17) is 12.2 Å². The maximum absolute atomic E-state index is 5.21. The Bertz CT molecular complexity index is 353. The van der Waals surface area contributed by atoms with Gasteiger partial charge in [0, 0.05) is 19.1 Å². The van der Waals surface area contributed by atoms with E-state index < -0.39 is 0 Å². The summed E-state index contributed by atoms with van der Waals surface area (Å²) < 4.78 is 2.78. The highest BCUT2D eigenvalue weighted by Crippen LogP contribution is 2.14. The minimum absolute atomic E-state index is 0.441. The third-order valence-electron chi connectivity index (χ3n) is 2.41. The lowest BCUT2D eigenvalue weighted by molar-refractivity contribution is 0.614. The molecule has 0 bridgehead atoms. The van der Waals surface area contributed by atoms with Crippen LogP contribution in [0.1, 0.15) is 34.1 Å². The first kappa shape index (κ1) is 12.2. The monoisotopic (exact) mass is 228 g/mol. The number of H-pyrrole nitrogens is 1. The summed E-state index contributed by atoms with van der Waals surface area (Å²) >= 11 is 5.21. The molecule has 86 valence electrons. The Hall–Kier alpha value is -0.840. The van der Waals surface area contributed by atoms with E-state index >= 15 is 0 Å². The van der Waals surface area contributed by atoms with Crippen LogP contribution in [0.4, 0.5) is 5.95 Å². The molecule has 1 heterocycles. The molecule has 0 saturated heterocycles. The molecule has 0 unspecified atom stereocenters. The molecular weight excluding hydrogens is 208 g/mol. The maximum atomic E-state index is 5.21. The molecule has 1 aromatic rings. The zero-order valence-corrected chi connectivity index (χ0v) is 10.8. The molecule has 0 amide bonds. The minimum Gasteiger partial charge on any atom is -0.339 e. The Morgan fingerprint density at radius 3 is 2.60 bits per heavy atom. The van der Waals surface area contributed by atoms with Crippen LogP contribution in [0.25, 0.3) is 0 Å². The van der Waals surface area contributed by atoms with E-state index in [0.29, 0.717) is 10.8 Å². The maximum Gasteiger partial charge on any atom is 0.225 e. The number of aromatic nitrogens is 3. The lowest BCUT2D eigenvalue weighted by Gasteiger charge is -2.26. The Kier molecular flexibility index (Phi) is 4.32. The predicted octanol–water partition coefficient (Wildman–Crippen LogP) is 2.59.